The number of carbonyl (C=O) groups excluding carboxylic acids is 1. The Kier molecular flexibility index (Phi) is 3.33. The average Bonchev–Trinajstić information content (AvgIpc) is 3.07. The molecule has 1 unspecified atom stereocenters. The Morgan fingerprint density at radius 2 is 2.17 bits per heavy atom. The van der Waals surface area contributed by atoms with Crippen LogP contribution in [0.15, 0.2) is 36.5 Å². The Bertz CT molecular complexity index is 525. The van der Waals surface area contributed by atoms with Gasteiger partial charge in [0.05, 0.1) is 0 Å². The second kappa shape index (κ2) is 4.92. The molecule has 1 atom stereocenters. The lowest BCUT2D eigenvalue weighted by molar-refractivity contribution is -0.117. The van der Waals surface area contributed by atoms with E-state index in [9.17, 15) is 4.79 Å². The molecular weight excluding hydrogens is 228 g/mol. The minimum absolute atomic E-state index is 0.0833. The number of hydrogen-bond donors (Lipinski definition) is 0. The quantitative estimate of drug-likeness (QED) is 0.558. The standard InChI is InChI=1S/C12H12N2.C2H2O2/c1-9-7-11-5-3-4-6-12(11)14(9)10(2)8-13;3-2-1-4-2/h3-6,9H,2,7H2,1H3;1H2. The molecule has 2 heterocycles. The predicted octanol–water partition coefficient (Wildman–Crippen LogP) is 2.02. The van der Waals surface area contributed by atoms with Gasteiger partial charge in [0.25, 0.3) is 0 Å². The smallest absolute Gasteiger partial charge is 0.344 e. The van der Waals surface area contributed by atoms with Gasteiger partial charge in [0.15, 0.2) is 6.61 Å². The van der Waals surface area contributed by atoms with Gasteiger partial charge in [-0.25, -0.2) is 4.79 Å². The zero-order chi connectivity index (χ0) is 13.1. The second-order valence-corrected chi connectivity index (χ2v) is 4.27. The van der Waals surface area contributed by atoms with E-state index in [0.29, 0.717) is 18.3 Å². The molecule has 4 nitrogen and oxygen atoms in total. The molecule has 1 fully saturated rings. The van der Waals surface area contributed by atoms with Crippen LogP contribution < -0.4 is 4.90 Å². The van der Waals surface area contributed by atoms with Crippen molar-refractivity contribution in [3.05, 3.63) is 42.1 Å². The van der Waals surface area contributed by atoms with Gasteiger partial charge >= 0.3 is 5.97 Å². The van der Waals surface area contributed by atoms with E-state index in [4.69, 9.17) is 5.26 Å². The molecule has 0 saturated carbocycles. The SMILES string of the molecule is C=C(C#N)N1c2ccccc2CC1C.O=C1CO1. The number of rotatable bonds is 1. The maximum Gasteiger partial charge on any atom is 0.344 e. The van der Waals surface area contributed by atoms with Crippen LogP contribution in [0.4, 0.5) is 5.69 Å². The molecule has 0 aromatic heterocycles. The zero-order valence-corrected chi connectivity index (χ0v) is 10.2. The highest BCUT2D eigenvalue weighted by Gasteiger charge is 2.27. The van der Waals surface area contributed by atoms with E-state index >= 15 is 0 Å². The van der Waals surface area contributed by atoms with Gasteiger partial charge in [-0.15, -0.1) is 0 Å². The minimum Gasteiger partial charge on any atom is -0.451 e. The Morgan fingerprint density at radius 1 is 1.56 bits per heavy atom. The number of carbonyl (C=O) groups is 1. The lowest BCUT2D eigenvalue weighted by Gasteiger charge is -2.22. The van der Waals surface area contributed by atoms with Gasteiger partial charge in [-0.3, -0.25) is 0 Å². The number of ether oxygens (including phenoxy) is 1. The number of nitrogens with zero attached hydrogens (tertiary/aromatic N) is 2. The van der Waals surface area contributed by atoms with E-state index in [1.807, 2.05) is 23.1 Å². The molecule has 2 aliphatic rings. The van der Waals surface area contributed by atoms with Crippen LogP contribution in [-0.4, -0.2) is 18.6 Å². The Labute approximate surface area is 106 Å². The summed E-state index contributed by atoms with van der Waals surface area (Å²) < 4.78 is 4.07. The van der Waals surface area contributed by atoms with Gasteiger partial charge in [-0.2, -0.15) is 5.26 Å². The third-order valence-corrected chi connectivity index (χ3v) is 2.89. The molecule has 0 aliphatic carbocycles. The van der Waals surface area contributed by atoms with Crippen LogP contribution in [0.2, 0.25) is 0 Å². The number of para-hydroxylation sites is 1. The van der Waals surface area contributed by atoms with Crippen molar-refractivity contribution in [3.63, 3.8) is 0 Å². The third kappa shape index (κ3) is 2.51. The lowest BCUT2D eigenvalue weighted by Crippen LogP contribution is -2.27. The van der Waals surface area contributed by atoms with Crippen LogP contribution in [-0.2, 0) is 16.0 Å². The molecular formula is C14H14N2O2. The number of cyclic esters (lactones) is 1. The second-order valence-electron chi connectivity index (χ2n) is 4.27. The van der Waals surface area contributed by atoms with Crippen molar-refractivity contribution in [2.75, 3.05) is 11.5 Å². The summed E-state index contributed by atoms with van der Waals surface area (Å²) in [5, 5.41) is 8.85. The van der Waals surface area contributed by atoms with E-state index in [1.54, 1.807) is 0 Å². The van der Waals surface area contributed by atoms with Crippen molar-refractivity contribution < 1.29 is 9.53 Å². The monoisotopic (exact) mass is 242 g/mol. The largest absolute Gasteiger partial charge is 0.451 e. The van der Waals surface area contributed by atoms with Gasteiger partial charge < -0.3 is 9.64 Å². The first-order valence-electron chi connectivity index (χ1n) is 5.75. The highest BCUT2D eigenvalue weighted by molar-refractivity contribution is 5.82. The van der Waals surface area contributed by atoms with Gasteiger partial charge in [0, 0.05) is 11.7 Å². The van der Waals surface area contributed by atoms with Crippen LogP contribution in [0.25, 0.3) is 0 Å². The number of allylic oxidation sites excluding steroid dienone is 1. The molecule has 3 rings (SSSR count). The topological polar surface area (TPSA) is 56.6 Å². The van der Waals surface area contributed by atoms with E-state index in [0.717, 1.165) is 12.1 Å². The zero-order valence-electron chi connectivity index (χ0n) is 10.2. The Morgan fingerprint density at radius 3 is 2.72 bits per heavy atom. The van der Waals surface area contributed by atoms with Crippen molar-refractivity contribution in [2.45, 2.75) is 19.4 Å². The van der Waals surface area contributed by atoms with Crippen molar-refractivity contribution in [3.8, 4) is 6.07 Å². The molecule has 4 heteroatoms. The highest BCUT2D eigenvalue weighted by Crippen LogP contribution is 2.33. The molecule has 0 N–H and O–H groups in total. The molecule has 0 radical (unpaired) electrons. The molecule has 1 aromatic rings. The first kappa shape index (κ1) is 12.2. The fourth-order valence-electron chi connectivity index (χ4n) is 2.06. The van der Waals surface area contributed by atoms with E-state index in [1.165, 1.54) is 5.56 Å². The van der Waals surface area contributed by atoms with Crippen molar-refractivity contribution >= 4 is 11.7 Å². The summed E-state index contributed by atoms with van der Waals surface area (Å²) in [5.74, 6) is -0.0833. The minimum atomic E-state index is -0.0833. The van der Waals surface area contributed by atoms with E-state index in [-0.39, 0.29) is 5.97 Å². The molecule has 2 aliphatic heterocycles. The van der Waals surface area contributed by atoms with Crippen molar-refractivity contribution in [2.24, 2.45) is 0 Å². The number of nitriles is 1. The maximum atomic E-state index is 9.33. The summed E-state index contributed by atoms with van der Waals surface area (Å²) in [5.41, 5.74) is 2.96. The van der Waals surface area contributed by atoms with E-state index < -0.39 is 0 Å². The van der Waals surface area contributed by atoms with Crippen molar-refractivity contribution in [1.29, 1.82) is 5.26 Å². The summed E-state index contributed by atoms with van der Waals surface area (Å²) in [6.07, 6.45) is 0.997. The number of fused-ring (bicyclic) bond motifs is 1. The third-order valence-electron chi connectivity index (χ3n) is 2.89. The number of epoxide rings is 1. The molecule has 1 aromatic carbocycles. The van der Waals surface area contributed by atoms with Crippen LogP contribution in [0.5, 0.6) is 0 Å². The predicted molar refractivity (Wildman–Crippen MR) is 67.8 cm³/mol. The van der Waals surface area contributed by atoms with Gasteiger partial charge in [0.2, 0.25) is 0 Å². The lowest BCUT2D eigenvalue weighted by atomic mass is 10.1. The van der Waals surface area contributed by atoms with Crippen LogP contribution in [0.3, 0.4) is 0 Å². The highest BCUT2D eigenvalue weighted by atomic mass is 16.6. The summed E-state index contributed by atoms with van der Waals surface area (Å²) in [6.45, 7) is 6.23. The van der Waals surface area contributed by atoms with Crippen molar-refractivity contribution in [1.82, 2.24) is 0 Å². The number of anilines is 1. The number of hydrogen-bond acceptors (Lipinski definition) is 4. The van der Waals surface area contributed by atoms with E-state index in [2.05, 4.69) is 30.4 Å². The molecule has 0 amide bonds. The molecule has 1 saturated heterocycles. The van der Waals surface area contributed by atoms with Gasteiger partial charge in [0.1, 0.15) is 11.8 Å². The maximum absolute atomic E-state index is 9.33. The van der Waals surface area contributed by atoms with Crippen LogP contribution in [0.1, 0.15) is 12.5 Å². The summed E-state index contributed by atoms with van der Waals surface area (Å²) in [4.78, 5) is 11.3. The fraction of sp³-hybridized carbons (Fsp3) is 0.286. The Hall–Kier alpha value is -2.28. The Balaban J connectivity index is 0.000000256. The van der Waals surface area contributed by atoms with Crippen LogP contribution in [0, 0.1) is 11.3 Å². The summed E-state index contributed by atoms with van der Waals surface area (Å²) >= 11 is 0. The molecule has 92 valence electrons. The summed E-state index contributed by atoms with van der Waals surface area (Å²) in [6, 6.07) is 10.6. The average molecular weight is 242 g/mol. The normalized spacial score (nSPS) is 19.0. The molecule has 18 heavy (non-hydrogen) atoms. The van der Waals surface area contributed by atoms with Crippen LogP contribution >= 0.6 is 0 Å². The summed E-state index contributed by atoms with van der Waals surface area (Å²) in [7, 11) is 0. The van der Waals surface area contributed by atoms with Gasteiger partial charge in [-0.05, 0) is 25.0 Å². The first-order valence-corrected chi connectivity index (χ1v) is 5.75. The molecule has 0 bridgehead atoms. The first-order chi connectivity index (χ1) is 8.63. The van der Waals surface area contributed by atoms with Gasteiger partial charge in [-0.1, -0.05) is 24.8 Å². The fourth-order valence-corrected chi connectivity index (χ4v) is 2.06. The number of benzene rings is 1. The molecule has 0 spiro atoms.